The maximum atomic E-state index is 13.7. The van der Waals surface area contributed by atoms with Crippen LogP contribution in [0.4, 0.5) is 14.5 Å². The van der Waals surface area contributed by atoms with Crippen molar-refractivity contribution < 1.29 is 22.0 Å². The number of sulfonamides is 1. The number of hydrogen-bond donors (Lipinski definition) is 1. The monoisotopic (exact) mass is 394 g/mol. The van der Waals surface area contributed by atoms with E-state index in [0.29, 0.717) is 12.6 Å². The number of hydrogen-bond acceptors (Lipinski definition) is 3. The van der Waals surface area contributed by atoms with Gasteiger partial charge in [0.1, 0.15) is 11.6 Å². The van der Waals surface area contributed by atoms with Crippen molar-refractivity contribution in [3.8, 4) is 0 Å². The first-order chi connectivity index (χ1) is 12.8. The van der Waals surface area contributed by atoms with E-state index in [2.05, 4.69) is 5.32 Å². The predicted molar refractivity (Wildman–Crippen MR) is 98.0 cm³/mol. The van der Waals surface area contributed by atoms with Crippen LogP contribution in [0.15, 0.2) is 47.4 Å². The molecule has 1 fully saturated rings. The molecule has 3 rings (SSSR count). The molecule has 2 aromatic carbocycles. The number of nitrogens with one attached hydrogen (secondary N) is 1. The summed E-state index contributed by atoms with van der Waals surface area (Å²) >= 11 is 0. The van der Waals surface area contributed by atoms with Gasteiger partial charge in [0.25, 0.3) is 5.91 Å². The Morgan fingerprint density at radius 3 is 2.63 bits per heavy atom. The lowest BCUT2D eigenvalue weighted by molar-refractivity contribution is 0.102. The van der Waals surface area contributed by atoms with Gasteiger partial charge < -0.3 is 5.32 Å². The van der Waals surface area contributed by atoms with E-state index in [-0.39, 0.29) is 22.2 Å². The fourth-order valence-electron chi connectivity index (χ4n) is 3.15. The molecule has 27 heavy (non-hydrogen) atoms. The van der Waals surface area contributed by atoms with Crippen LogP contribution in [0.2, 0.25) is 0 Å². The Bertz CT molecular complexity index is 963. The molecule has 0 aliphatic carbocycles. The van der Waals surface area contributed by atoms with Crippen molar-refractivity contribution in [2.24, 2.45) is 0 Å². The van der Waals surface area contributed by atoms with E-state index >= 15 is 0 Å². The molecule has 0 unspecified atom stereocenters. The van der Waals surface area contributed by atoms with Crippen LogP contribution in [0.1, 0.15) is 36.5 Å². The van der Waals surface area contributed by atoms with Crippen molar-refractivity contribution in [3.05, 3.63) is 59.7 Å². The number of piperidine rings is 1. The van der Waals surface area contributed by atoms with Crippen molar-refractivity contribution in [1.29, 1.82) is 0 Å². The van der Waals surface area contributed by atoms with Gasteiger partial charge in [-0.3, -0.25) is 4.79 Å². The van der Waals surface area contributed by atoms with Crippen molar-refractivity contribution in [3.63, 3.8) is 0 Å². The minimum absolute atomic E-state index is 0.0171. The zero-order valence-electron chi connectivity index (χ0n) is 14.8. The first-order valence-corrected chi connectivity index (χ1v) is 10.1. The van der Waals surface area contributed by atoms with Gasteiger partial charge in [0.05, 0.1) is 10.6 Å². The number of benzene rings is 2. The number of carbonyl (C=O) groups is 1. The van der Waals surface area contributed by atoms with E-state index in [0.717, 1.165) is 31.4 Å². The summed E-state index contributed by atoms with van der Waals surface area (Å²) in [5.74, 6) is -2.34. The molecular formula is C19H20F2N2O3S. The highest BCUT2D eigenvalue weighted by atomic mass is 32.2. The van der Waals surface area contributed by atoms with Gasteiger partial charge in [-0.1, -0.05) is 12.5 Å². The number of amides is 1. The van der Waals surface area contributed by atoms with Gasteiger partial charge in [0.2, 0.25) is 10.0 Å². The molecule has 2 aromatic rings. The van der Waals surface area contributed by atoms with Gasteiger partial charge in [0, 0.05) is 24.2 Å². The van der Waals surface area contributed by atoms with Crippen LogP contribution >= 0.6 is 0 Å². The fraction of sp³-hybridized carbons (Fsp3) is 0.316. The molecule has 144 valence electrons. The third-order valence-electron chi connectivity index (χ3n) is 4.62. The van der Waals surface area contributed by atoms with Crippen molar-refractivity contribution in [2.75, 3.05) is 11.9 Å². The van der Waals surface area contributed by atoms with Crippen LogP contribution in [0.25, 0.3) is 0 Å². The summed E-state index contributed by atoms with van der Waals surface area (Å²) in [6, 6.07) is 8.31. The van der Waals surface area contributed by atoms with Crippen molar-refractivity contribution >= 4 is 21.6 Å². The molecule has 1 atom stereocenters. The molecule has 0 spiro atoms. The SMILES string of the molecule is C[C@H]1CCCCN1S(=O)(=O)c1cccc(C(=O)Nc2ccc(F)cc2F)c1. The van der Waals surface area contributed by atoms with E-state index in [4.69, 9.17) is 0 Å². The lowest BCUT2D eigenvalue weighted by Gasteiger charge is -2.32. The zero-order valence-corrected chi connectivity index (χ0v) is 15.6. The van der Waals surface area contributed by atoms with Crippen molar-refractivity contribution in [1.82, 2.24) is 4.31 Å². The van der Waals surface area contributed by atoms with Crippen molar-refractivity contribution in [2.45, 2.75) is 37.1 Å². The Balaban J connectivity index is 1.85. The summed E-state index contributed by atoms with van der Waals surface area (Å²) in [5, 5.41) is 2.33. The molecule has 5 nitrogen and oxygen atoms in total. The normalized spacial score (nSPS) is 18.3. The second kappa shape index (κ2) is 7.74. The highest BCUT2D eigenvalue weighted by molar-refractivity contribution is 7.89. The summed E-state index contributed by atoms with van der Waals surface area (Å²) < 4.78 is 54.0. The zero-order chi connectivity index (χ0) is 19.6. The smallest absolute Gasteiger partial charge is 0.255 e. The quantitative estimate of drug-likeness (QED) is 0.858. The maximum absolute atomic E-state index is 13.7. The van der Waals surface area contributed by atoms with Gasteiger partial charge in [-0.15, -0.1) is 0 Å². The van der Waals surface area contributed by atoms with Crippen LogP contribution in [0.5, 0.6) is 0 Å². The number of nitrogens with zero attached hydrogens (tertiary/aromatic N) is 1. The largest absolute Gasteiger partial charge is 0.319 e. The highest BCUT2D eigenvalue weighted by Crippen LogP contribution is 2.26. The van der Waals surface area contributed by atoms with Crippen LogP contribution in [0, 0.1) is 11.6 Å². The van der Waals surface area contributed by atoms with Gasteiger partial charge in [-0.05, 0) is 50.1 Å². The van der Waals surface area contributed by atoms with Crippen LogP contribution in [-0.4, -0.2) is 31.2 Å². The summed E-state index contributed by atoms with van der Waals surface area (Å²) in [5.41, 5.74) is -0.108. The minimum Gasteiger partial charge on any atom is -0.319 e. The average Bonchev–Trinajstić information content (AvgIpc) is 2.64. The predicted octanol–water partition coefficient (Wildman–Crippen LogP) is 3.78. The lowest BCUT2D eigenvalue weighted by atomic mass is 10.1. The number of rotatable bonds is 4. The molecule has 0 saturated carbocycles. The molecule has 1 amide bonds. The molecule has 0 radical (unpaired) electrons. The first kappa shape index (κ1) is 19.4. The fourth-order valence-corrected chi connectivity index (χ4v) is 4.89. The second-order valence-electron chi connectivity index (χ2n) is 6.57. The average molecular weight is 394 g/mol. The second-order valence-corrected chi connectivity index (χ2v) is 8.46. The number of anilines is 1. The highest BCUT2D eigenvalue weighted by Gasteiger charge is 2.31. The Hall–Kier alpha value is -2.32. The van der Waals surface area contributed by atoms with Crippen LogP contribution in [0.3, 0.4) is 0 Å². The van der Waals surface area contributed by atoms with Crippen LogP contribution in [-0.2, 0) is 10.0 Å². The lowest BCUT2D eigenvalue weighted by Crippen LogP contribution is -2.41. The van der Waals surface area contributed by atoms with Gasteiger partial charge in [-0.2, -0.15) is 4.31 Å². The molecule has 1 N–H and O–H groups in total. The first-order valence-electron chi connectivity index (χ1n) is 8.67. The molecule has 1 aliphatic heterocycles. The molecule has 8 heteroatoms. The Morgan fingerprint density at radius 1 is 1.15 bits per heavy atom. The Morgan fingerprint density at radius 2 is 1.93 bits per heavy atom. The van der Waals surface area contributed by atoms with E-state index in [1.165, 1.54) is 28.6 Å². The van der Waals surface area contributed by atoms with E-state index in [1.807, 2.05) is 6.92 Å². The number of carbonyl (C=O) groups excluding carboxylic acids is 1. The molecule has 1 saturated heterocycles. The van der Waals surface area contributed by atoms with Gasteiger partial charge >= 0.3 is 0 Å². The minimum atomic E-state index is -3.72. The maximum Gasteiger partial charge on any atom is 0.255 e. The Labute approximate surface area is 157 Å². The molecule has 0 aromatic heterocycles. The Kier molecular flexibility index (Phi) is 5.57. The molecular weight excluding hydrogens is 374 g/mol. The molecule has 0 bridgehead atoms. The number of halogens is 2. The molecule has 1 heterocycles. The van der Waals surface area contributed by atoms with Gasteiger partial charge in [0.15, 0.2) is 0 Å². The van der Waals surface area contributed by atoms with E-state index in [1.54, 1.807) is 0 Å². The summed E-state index contributed by atoms with van der Waals surface area (Å²) in [6.45, 7) is 2.31. The topological polar surface area (TPSA) is 66.5 Å². The third-order valence-corrected chi connectivity index (χ3v) is 6.63. The summed E-state index contributed by atoms with van der Waals surface area (Å²) in [6.07, 6.45) is 2.58. The van der Waals surface area contributed by atoms with Crippen LogP contribution < -0.4 is 5.32 Å². The third kappa shape index (κ3) is 4.17. The van der Waals surface area contributed by atoms with E-state index < -0.39 is 27.6 Å². The van der Waals surface area contributed by atoms with Gasteiger partial charge in [-0.25, -0.2) is 17.2 Å². The standard InChI is InChI=1S/C19H20F2N2O3S/c1-13-5-2-3-10-23(13)27(25,26)16-7-4-6-14(11-16)19(24)22-18-9-8-15(20)12-17(18)21/h4,6-9,11-13H,2-3,5,10H2,1H3,(H,22,24)/t13-/m0/s1. The summed E-state index contributed by atoms with van der Waals surface area (Å²) in [4.78, 5) is 12.4. The summed E-state index contributed by atoms with van der Waals surface area (Å²) in [7, 11) is -3.72. The van der Waals surface area contributed by atoms with E-state index in [9.17, 15) is 22.0 Å². The molecule has 1 aliphatic rings.